The maximum atomic E-state index is 13.3. The van der Waals surface area contributed by atoms with Crippen molar-refractivity contribution in [2.24, 2.45) is 5.10 Å². The highest BCUT2D eigenvalue weighted by Gasteiger charge is 2.16. The van der Waals surface area contributed by atoms with Crippen LogP contribution in [0.4, 0.5) is 5.69 Å². The summed E-state index contributed by atoms with van der Waals surface area (Å²) in [7, 11) is 1.60. The molecular weight excluding hydrogens is 480 g/mol. The summed E-state index contributed by atoms with van der Waals surface area (Å²) in [5.74, 6) is 0.199. The maximum absolute atomic E-state index is 13.3. The number of carbonyl (C=O) groups excluding carboxylic acids is 2. The van der Waals surface area contributed by atoms with Gasteiger partial charge in [0.25, 0.3) is 11.8 Å². The Morgan fingerprint density at radius 1 is 0.895 bits per heavy atom. The van der Waals surface area contributed by atoms with Gasteiger partial charge in [-0.05, 0) is 61.0 Å². The Bertz CT molecular complexity index is 1640. The molecule has 0 unspecified atom stereocenters. The van der Waals surface area contributed by atoms with E-state index < -0.39 is 0 Å². The molecule has 2 heterocycles. The fraction of sp³-hybridized carbons (Fsp3) is 0.0667. The van der Waals surface area contributed by atoms with E-state index in [2.05, 4.69) is 15.8 Å². The number of nitrogens with one attached hydrogen (secondary N) is 2. The number of para-hydroxylation sites is 2. The van der Waals surface area contributed by atoms with Crippen LogP contribution in [-0.2, 0) is 0 Å². The number of pyridine rings is 1. The number of hydrogen-bond acceptors (Lipinski definition) is 6. The molecule has 5 rings (SSSR count). The van der Waals surface area contributed by atoms with E-state index in [-0.39, 0.29) is 17.6 Å². The van der Waals surface area contributed by atoms with E-state index >= 15 is 0 Å². The van der Waals surface area contributed by atoms with Crippen molar-refractivity contribution < 1.29 is 18.7 Å². The quantitative estimate of drug-likeness (QED) is 0.212. The lowest BCUT2D eigenvalue weighted by atomic mass is 10.0. The van der Waals surface area contributed by atoms with Gasteiger partial charge in [-0.1, -0.05) is 42.5 Å². The third kappa shape index (κ3) is 5.15. The van der Waals surface area contributed by atoms with Crippen molar-refractivity contribution in [2.75, 3.05) is 12.4 Å². The van der Waals surface area contributed by atoms with Crippen LogP contribution >= 0.6 is 0 Å². The predicted molar refractivity (Wildman–Crippen MR) is 147 cm³/mol. The van der Waals surface area contributed by atoms with E-state index in [1.54, 1.807) is 44.4 Å². The van der Waals surface area contributed by atoms with Crippen LogP contribution < -0.4 is 15.5 Å². The first-order chi connectivity index (χ1) is 18.5. The number of rotatable bonds is 7. The van der Waals surface area contributed by atoms with Crippen LogP contribution in [0.2, 0.25) is 0 Å². The minimum atomic E-state index is -0.360. The van der Waals surface area contributed by atoms with E-state index in [4.69, 9.17) is 14.1 Å². The third-order valence-corrected chi connectivity index (χ3v) is 5.97. The van der Waals surface area contributed by atoms with Gasteiger partial charge in [-0.3, -0.25) is 9.59 Å². The fourth-order valence-corrected chi connectivity index (χ4v) is 4.01. The largest absolute Gasteiger partial charge is 0.496 e. The van der Waals surface area contributed by atoms with Gasteiger partial charge in [-0.2, -0.15) is 5.10 Å². The molecule has 5 aromatic rings. The first kappa shape index (κ1) is 24.5. The Morgan fingerprint density at radius 2 is 1.66 bits per heavy atom. The Morgan fingerprint density at radius 3 is 2.42 bits per heavy atom. The number of aromatic nitrogens is 1. The van der Waals surface area contributed by atoms with Gasteiger partial charge in [0.05, 0.1) is 35.9 Å². The smallest absolute Gasteiger partial charge is 0.291 e. The fourth-order valence-electron chi connectivity index (χ4n) is 4.01. The van der Waals surface area contributed by atoms with Crippen LogP contribution in [0.25, 0.3) is 22.2 Å². The van der Waals surface area contributed by atoms with Crippen molar-refractivity contribution in [2.45, 2.75) is 6.92 Å². The molecular formula is C30H24N4O4. The Kier molecular flexibility index (Phi) is 6.95. The number of ether oxygens (including phenoxy) is 1. The number of fused-ring (bicyclic) bond motifs is 1. The Labute approximate surface area is 219 Å². The summed E-state index contributed by atoms with van der Waals surface area (Å²) in [6.07, 6.45) is 1.44. The summed E-state index contributed by atoms with van der Waals surface area (Å²) in [5, 5.41) is 7.80. The highest BCUT2D eigenvalue weighted by atomic mass is 16.5. The number of furan rings is 1. The SMILES string of the molecule is COc1ccccc1-c1cc(C(=O)N/N=C(\C)c2ccc(NC(=O)c3ccco3)cc2)c2ccccc2n1. The first-order valence-electron chi connectivity index (χ1n) is 11.9. The lowest BCUT2D eigenvalue weighted by Crippen LogP contribution is -2.20. The van der Waals surface area contributed by atoms with Crippen molar-refractivity contribution >= 4 is 34.1 Å². The zero-order valence-electron chi connectivity index (χ0n) is 20.8. The summed E-state index contributed by atoms with van der Waals surface area (Å²) >= 11 is 0. The molecule has 0 saturated carbocycles. The molecule has 38 heavy (non-hydrogen) atoms. The minimum Gasteiger partial charge on any atom is -0.496 e. The average molecular weight is 505 g/mol. The van der Waals surface area contributed by atoms with Crippen molar-refractivity contribution in [3.63, 3.8) is 0 Å². The van der Waals surface area contributed by atoms with Gasteiger partial charge < -0.3 is 14.5 Å². The minimum absolute atomic E-state index is 0.229. The normalized spacial score (nSPS) is 11.3. The van der Waals surface area contributed by atoms with Crippen LogP contribution in [0.5, 0.6) is 5.75 Å². The van der Waals surface area contributed by atoms with Crippen molar-refractivity contribution in [1.82, 2.24) is 10.4 Å². The van der Waals surface area contributed by atoms with Crippen molar-refractivity contribution in [1.29, 1.82) is 0 Å². The molecule has 188 valence electrons. The van der Waals surface area contributed by atoms with Gasteiger partial charge in [0, 0.05) is 16.6 Å². The average Bonchev–Trinajstić information content (AvgIpc) is 3.51. The molecule has 8 nitrogen and oxygen atoms in total. The summed E-state index contributed by atoms with van der Waals surface area (Å²) in [5.41, 5.74) is 7.22. The molecule has 0 atom stereocenters. The lowest BCUT2D eigenvalue weighted by molar-refractivity contribution is 0.0955. The van der Waals surface area contributed by atoms with E-state index in [0.29, 0.717) is 39.3 Å². The molecule has 2 aromatic heterocycles. The summed E-state index contributed by atoms with van der Waals surface area (Å²) in [4.78, 5) is 30.2. The van der Waals surface area contributed by atoms with E-state index in [1.807, 2.05) is 60.7 Å². The van der Waals surface area contributed by atoms with E-state index in [0.717, 1.165) is 11.1 Å². The van der Waals surface area contributed by atoms with Crippen molar-refractivity contribution in [3.05, 3.63) is 114 Å². The van der Waals surface area contributed by atoms with Crippen LogP contribution in [0, 0.1) is 0 Å². The molecule has 0 aliphatic rings. The number of amides is 2. The molecule has 0 aliphatic carbocycles. The Hall–Kier alpha value is -5.24. The van der Waals surface area contributed by atoms with E-state index in [1.165, 1.54) is 6.26 Å². The third-order valence-electron chi connectivity index (χ3n) is 5.97. The van der Waals surface area contributed by atoms with E-state index in [9.17, 15) is 9.59 Å². The van der Waals surface area contributed by atoms with Crippen molar-refractivity contribution in [3.8, 4) is 17.0 Å². The summed E-state index contributed by atoms with van der Waals surface area (Å²) in [6.45, 7) is 1.79. The number of hydrogen-bond donors (Lipinski definition) is 2. The van der Waals surface area contributed by atoms with Gasteiger partial charge in [-0.15, -0.1) is 0 Å². The van der Waals surface area contributed by atoms with Crippen LogP contribution in [-0.4, -0.2) is 29.6 Å². The van der Waals surface area contributed by atoms with Gasteiger partial charge in [0.1, 0.15) is 5.75 Å². The van der Waals surface area contributed by atoms with Crippen LogP contribution in [0.15, 0.2) is 107 Å². The molecule has 0 radical (unpaired) electrons. The van der Waals surface area contributed by atoms with Gasteiger partial charge in [-0.25, -0.2) is 10.4 Å². The number of carbonyl (C=O) groups is 2. The predicted octanol–water partition coefficient (Wildman–Crippen LogP) is 5.91. The number of hydrazone groups is 1. The van der Waals surface area contributed by atoms with Gasteiger partial charge in [0.2, 0.25) is 0 Å². The standard InChI is InChI=1S/C30H24N4O4/c1-19(20-13-15-21(16-14-20)31-30(36)28-12-7-17-38-28)33-34-29(35)24-18-26(23-9-4-6-11-27(23)37-2)32-25-10-5-3-8-22(24)25/h3-18H,1-2H3,(H,31,36)(H,34,35)/b33-19+. The maximum Gasteiger partial charge on any atom is 0.291 e. The topological polar surface area (TPSA) is 106 Å². The zero-order valence-corrected chi connectivity index (χ0v) is 20.8. The van der Waals surface area contributed by atoms with Gasteiger partial charge in [0.15, 0.2) is 5.76 Å². The monoisotopic (exact) mass is 504 g/mol. The summed E-state index contributed by atoms with van der Waals surface area (Å²) < 4.78 is 10.6. The zero-order chi connectivity index (χ0) is 26.5. The molecule has 2 N–H and O–H groups in total. The number of anilines is 1. The molecule has 0 saturated heterocycles. The lowest BCUT2D eigenvalue weighted by Gasteiger charge is -2.12. The second kappa shape index (κ2) is 10.8. The molecule has 0 bridgehead atoms. The first-order valence-corrected chi connectivity index (χ1v) is 11.9. The highest BCUT2D eigenvalue weighted by molar-refractivity contribution is 6.08. The Balaban J connectivity index is 1.37. The molecule has 2 amide bonds. The molecule has 8 heteroatoms. The molecule has 0 fully saturated rings. The second-order valence-electron chi connectivity index (χ2n) is 8.42. The highest BCUT2D eigenvalue weighted by Crippen LogP contribution is 2.31. The van der Waals surface area contributed by atoms with Gasteiger partial charge >= 0.3 is 0 Å². The molecule has 0 aliphatic heterocycles. The summed E-state index contributed by atoms with van der Waals surface area (Å²) in [6, 6.07) is 27.1. The van der Waals surface area contributed by atoms with Crippen LogP contribution in [0.1, 0.15) is 33.4 Å². The second-order valence-corrected chi connectivity index (χ2v) is 8.42. The molecule has 3 aromatic carbocycles. The number of nitrogens with zero attached hydrogens (tertiary/aromatic N) is 2. The molecule has 0 spiro atoms. The van der Waals surface area contributed by atoms with Crippen LogP contribution in [0.3, 0.4) is 0 Å². The number of benzene rings is 3. The number of methoxy groups -OCH3 is 1.